The fourth-order valence-corrected chi connectivity index (χ4v) is 2.77. The molecule has 1 amide bonds. The van der Waals surface area contributed by atoms with Gasteiger partial charge in [0.15, 0.2) is 0 Å². The lowest BCUT2D eigenvalue weighted by atomic mass is 10.2. The predicted octanol–water partition coefficient (Wildman–Crippen LogP) is -3.17. The molecule has 130 valence electrons. The molecule has 0 atom stereocenters. The lowest BCUT2D eigenvalue weighted by Gasteiger charge is -2.23. The third kappa shape index (κ3) is 4.56. The second-order valence-corrected chi connectivity index (χ2v) is 5.71. The summed E-state index contributed by atoms with van der Waals surface area (Å²) in [4.78, 5) is 25.6. The van der Waals surface area contributed by atoms with E-state index in [-0.39, 0.29) is 23.9 Å². The summed E-state index contributed by atoms with van der Waals surface area (Å²) in [6.45, 7) is 5.19. The van der Waals surface area contributed by atoms with Crippen molar-refractivity contribution in [2.45, 2.75) is 6.42 Å². The van der Waals surface area contributed by atoms with E-state index >= 15 is 0 Å². The first kappa shape index (κ1) is 18.4. The summed E-state index contributed by atoms with van der Waals surface area (Å²) in [7, 11) is 0. The highest BCUT2D eigenvalue weighted by Crippen LogP contribution is 2.12. The fraction of sp³-hybridized carbons (Fsp3) is 0.412. The number of carbonyl (C=O) groups excluding carboxylic acids is 1. The van der Waals surface area contributed by atoms with E-state index < -0.39 is 5.63 Å². The third-order valence-corrected chi connectivity index (χ3v) is 4.08. The van der Waals surface area contributed by atoms with Crippen molar-refractivity contribution in [2.75, 3.05) is 39.4 Å². The molecule has 3 rings (SSSR count). The van der Waals surface area contributed by atoms with Crippen LogP contribution in [0.4, 0.5) is 0 Å². The molecule has 1 aliphatic heterocycles. The Morgan fingerprint density at radius 1 is 1.21 bits per heavy atom. The van der Waals surface area contributed by atoms with Crippen molar-refractivity contribution in [3.8, 4) is 0 Å². The van der Waals surface area contributed by atoms with Crippen molar-refractivity contribution in [3.05, 3.63) is 46.3 Å². The van der Waals surface area contributed by atoms with Crippen LogP contribution < -0.4 is 28.2 Å². The Morgan fingerprint density at radius 2 is 1.96 bits per heavy atom. The van der Waals surface area contributed by atoms with Crippen LogP contribution in [-0.4, -0.2) is 45.3 Å². The molecule has 24 heavy (non-hydrogen) atoms. The van der Waals surface area contributed by atoms with Crippen LogP contribution in [0.15, 0.2) is 39.5 Å². The Hall–Kier alpha value is -1.89. The van der Waals surface area contributed by atoms with E-state index in [1.165, 1.54) is 4.90 Å². The molecule has 0 radical (unpaired) electrons. The molecule has 0 bridgehead atoms. The molecule has 1 aliphatic rings. The molecule has 1 aromatic carbocycles. The van der Waals surface area contributed by atoms with Gasteiger partial charge >= 0.3 is 5.63 Å². The first-order chi connectivity index (χ1) is 11.2. The summed E-state index contributed by atoms with van der Waals surface area (Å²) in [5.41, 5.74) is -0.0487. The number of benzene rings is 1. The Bertz CT molecular complexity index is 741. The number of amides is 1. The molecule has 2 aromatic rings. The Morgan fingerprint density at radius 3 is 2.75 bits per heavy atom. The van der Waals surface area contributed by atoms with Crippen LogP contribution in [0.3, 0.4) is 0 Å². The predicted molar refractivity (Wildman–Crippen MR) is 85.8 cm³/mol. The second-order valence-electron chi connectivity index (χ2n) is 5.71. The van der Waals surface area contributed by atoms with Gasteiger partial charge in [0, 0.05) is 18.4 Å². The molecule has 6 nitrogen and oxygen atoms in total. The molecular weight excluding hydrogens is 332 g/mol. The number of morpholine rings is 1. The Labute approximate surface area is 146 Å². The van der Waals surface area contributed by atoms with Gasteiger partial charge in [0.05, 0.1) is 19.8 Å². The summed E-state index contributed by atoms with van der Waals surface area (Å²) < 4.78 is 10.5. The van der Waals surface area contributed by atoms with E-state index in [1.54, 1.807) is 18.2 Å². The average Bonchev–Trinajstić information content (AvgIpc) is 2.59. The van der Waals surface area contributed by atoms with Gasteiger partial charge in [0.2, 0.25) is 0 Å². The topological polar surface area (TPSA) is 73.0 Å². The first-order valence-electron chi connectivity index (χ1n) is 7.96. The number of halogens is 1. The number of hydrogen-bond donors (Lipinski definition) is 2. The maximum Gasteiger partial charge on any atom is 0.349 e. The van der Waals surface area contributed by atoms with Gasteiger partial charge < -0.3 is 31.8 Å². The van der Waals surface area contributed by atoms with E-state index in [2.05, 4.69) is 5.32 Å². The number of quaternary nitrogens is 1. The summed E-state index contributed by atoms with van der Waals surface area (Å²) >= 11 is 0. The minimum atomic E-state index is -0.597. The van der Waals surface area contributed by atoms with E-state index in [1.807, 2.05) is 12.1 Å². The number of rotatable bonds is 5. The van der Waals surface area contributed by atoms with Gasteiger partial charge in [-0.15, -0.1) is 0 Å². The Kier molecular flexibility index (Phi) is 6.78. The largest absolute Gasteiger partial charge is 1.00 e. The van der Waals surface area contributed by atoms with Gasteiger partial charge in [-0.2, -0.15) is 0 Å². The number of para-hydroxylation sites is 1. The lowest BCUT2D eigenvalue weighted by Crippen LogP contribution is -3.14. The second kappa shape index (κ2) is 8.82. The highest BCUT2D eigenvalue weighted by Gasteiger charge is 2.15. The number of fused-ring (bicyclic) bond motifs is 1. The highest BCUT2D eigenvalue weighted by molar-refractivity contribution is 5.96. The molecule has 2 heterocycles. The highest BCUT2D eigenvalue weighted by atomic mass is 35.5. The van der Waals surface area contributed by atoms with E-state index in [4.69, 9.17) is 9.15 Å². The van der Waals surface area contributed by atoms with Crippen LogP contribution in [-0.2, 0) is 4.74 Å². The van der Waals surface area contributed by atoms with Gasteiger partial charge in [-0.25, -0.2) is 4.79 Å². The van der Waals surface area contributed by atoms with Gasteiger partial charge in [-0.1, -0.05) is 18.2 Å². The average molecular weight is 353 g/mol. The van der Waals surface area contributed by atoms with Crippen LogP contribution in [0.2, 0.25) is 0 Å². The molecular formula is C17H21ClN2O4. The Balaban J connectivity index is 0.00000208. The van der Waals surface area contributed by atoms with Crippen molar-refractivity contribution in [3.63, 3.8) is 0 Å². The molecule has 0 saturated carbocycles. The minimum Gasteiger partial charge on any atom is -1.00 e. The van der Waals surface area contributed by atoms with Crippen LogP contribution >= 0.6 is 0 Å². The quantitative estimate of drug-likeness (QED) is 0.440. The van der Waals surface area contributed by atoms with Crippen molar-refractivity contribution >= 4 is 16.9 Å². The summed E-state index contributed by atoms with van der Waals surface area (Å²) in [5.74, 6) is -0.374. The van der Waals surface area contributed by atoms with Crippen molar-refractivity contribution < 1.29 is 31.3 Å². The SMILES string of the molecule is O=C(NCCC[NH+]1CCOCC1)c1cc2ccccc2oc1=O.[Cl-]. The molecule has 0 spiro atoms. The standard InChI is InChI=1S/C17H20N2O4.ClH/c20-16(18-6-3-7-19-8-10-22-11-9-19)14-12-13-4-1-2-5-15(13)23-17(14)21;/h1-2,4-5,12H,3,6-11H2,(H,18,20);1H. The summed E-state index contributed by atoms with van der Waals surface area (Å²) in [6, 6.07) is 8.75. The minimum absolute atomic E-state index is 0. The smallest absolute Gasteiger partial charge is 0.349 e. The zero-order chi connectivity index (χ0) is 16.1. The number of hydrogen-bond acceptors (Lipinski definition) is 4. The monoisotopic (exact) mass is 352 g/mol. The maximum atomic E-state index is 12.2. The normalized spacial score (nSPS) is 15.0. The molecule has 1 saturated heterocycles. The van der Waals surface area contributed by atoms with Crippen molar-refractivity contribution in [2.24, 2.45) is 0 Å². The van der Waals surface area contributed by atoms with Crippen LogP contribution in [0, 0.1) is 0 Å². The number of carbonyl (C=O) groups is 1. The molecule has 2 N–H and O–H groups in total. The van der Waals surface area contributed by atoms with Crippen molar-refractivity contribution in [1.29, 1.82) is 0 Å². The van der Waals surface area contributed by atoms with Crippen LogP contribution in [0.1, 0.15) is 16.8 Å². The van der Waals surface area contributed by atoms with Gasteiger partial charge in [0.25, 0.3) is 5.91 Å². The van der Waals surface area contributed by atoms with Crippen LogP contribution in [0.25, 0.3) is 11.0 Å². The molecule has 1 fully saturated rings. The van der Waals surface area contributed by atoms with Gasteiger partial charge in [0.1, 0.15) is 24.2 Å². The van der Waals surface area contributed by atoms with Gasteiger partial charge in [-0.3, -0.25) is 4.79 Å². The molecule has 1 aromatic heterocycles. The van der Waals surface area contributed by atoms with Gasteiger partial charge in [-0.05, 0) is 12.1 Å². The first-order valence-corrected chi connectivity index (χ1v) is 7.96. The lowest BCUT2D eigenvalue weighted by molar-refractivity contribution is -0.908. The number of ether oxygens (including phenoxy) is 1. The molecule has 0 aliphatic carbocycles. The fourth-order valence-electron chi connectivity index (χ4n) is 2.77. The van der Waals surface area contributed by atoms with Crippen LogP contribution in [0.5, 0.6) is 0 Å². The van der Waals surface area contributed by atoms with E-state index in [0.29, 0.717) is 12.1 Å². The third-order valence-electron chi connectivity index (χ3n) is 4.08. The molecule has 7 heteroatoms. The van der Waals surface area contributed by atoms with E-state index in [9.17, 15) is 9.59 Å². The summed E-state index contributed by atoms with van der Waals surface area (Å²) in [5, 5.41) is 3.55. The zero-order valence-electron chi connectivity index (χ0n) is 13.3. The zero-order valence-corrected chi connectivity index (χ0v) is 14.1. The number of nitrogens with one attached hydrogen (secondary N) is 2. The molecule has 0 unspecified atom stereocenters. The summed E-state index contributed by atoms with van der Waals surface area (Å²) in [6.07, 6.45) is 0.875. The van der Waals surface area contributed by atoms with Crippen molar-refractivity contribution in [1.82, 2.24) is 5.32 Å². The van der Waals surface area contributed by atoms with E-state index in [0.717, 1.165) is 44.7 Å². The maximum absolute atomic E-state index is 12.2.